The Morgan fingerprint density at radius 2 is 2.08 bits per heavy atom. The van der Waals surface area contributed by atoms with E-state index in [0.29, 0.717) is 6.61 Å². The molecule has 78 valence electrons. The lowest BCUT2D eigenvalue weighted by Gasteiger charge is -2.19. The van der Waals surface area contributed by atoms with E-state index in [0.717, 1.165) is 11.8 Å². The Labute approximate surface area is 87.1 Å². The maximum atomic E-state index is 11.0. The second kappa shape index (κ2) is 6.21. The van der Waals surface area contributed by atoms with Gasteiger partial charge in [0.1, 0.15) is 5.60 Å². The maximum Gasteiger partial charge on any atom is 0.431 e. The largest absolute Gasteiger partial charge is 0.442 e. The fourth-order valence-corrected chi connectivity index (χ4v) is 0.765. The minimum absolute atomic E-state index is 0.477. The summed E-state index contributed by atoms with van der Waals surface area (Å²) in [7, 11) is 0. The summed E-state index contributed by atoms with van der Waals surface area (Å²) in [6, 6.07) is 0. The number of nitrogens with one attached hydrogen (secondary N) is 1. The van der Waals surface area contributed by atoms with E-state index < -0.39 is 11.7 Å². The van der Waals surface area contributed by atoms with Crippen LogP contribution in [0.3, 0.4) is 0 Å². The van der Waals surface area contributed by atoms with Crippen LogP contribution >= 0.6 is 15.9 Å². The number of carbonyl (C=O) groups is 1. The molecule has 0 aliphatic carbocycles. The van der Waals surface area contributed by atoms with Crippen molar-refractivity contribution in [2.45, 2.75) is 32.8 Å². The summed E-state index contributed by atoms with van der Waals surface area (Å²) in [5, 5.41) is 0.850. The number of halogens is 1. The molecule has 1 amide bonds. The van der Waals surface area contributed by atoms with Crippen molar-refractivity contribution >= 4 is 22.0 Å². The number of carbonyl (C=O) groups excluding carboxylic acids is 1. The fraction of sp³-hybridized carbons (Fsp3) is 0.875. The van der Waals surface area contributed by atoms with Crippen molar-refractivity contribution in [1.29, 1.82) is 0 Å². The fourth-order valence-electron chi connectivity index (χ4n) is 0.536. The van der Waals surface area contributed by atoms with Crippen LogP contribution in [0.15, 0.2) is 0 Å². The summed E-state index contributed by atoms with van der Waals surface area (Å²) in [6.07, 6.45) is 0.289. The molecular weight excluding hydrogens is 238 g/mol. The molecule has 1 N–H and O–H groups in total. The van der Waals surface area contributed by atoms with Gasteiger partial charge in [0, 0.05) is 5.33 Å². The van der Waals surface area contributed by atoms with Gasteiger partial charge in [-0.3, -0.25) is 4.84 Å². The van der Waals surface area contributed by atoms with Gasteiger partial charge in [-0.05, 0) is 27.2 Å². The second-order valence-corrected chi connectivity index (χ2v) is 4.29. The van der Waals surface area contributed by atoms with Crippen molar-refractivity contribution in [3.05, 3.63) is 0 Å². The smallest absolute Gasteiger partial charge is 0.431 e. The molecule has 0 saturated heterocycles. The summed E-state index contributed by atoms with van der Waals surface area (Å²) in [5.41, 5.74) is 1.71. The van der Waals surface area contributed by atoms with Crippen molar-refractivity contribution in [1.82, 2.24) is 5.48 Å². The third-order valence-electron chi connectivity index (χ3n) is 0.934. The first-order chi connectivity index (χ1) is 5.95. The van der Waals surface area contributed by atoms with Crippen LogP contribution in [-0.2, 0) is 9.57 Å². The molecule has 0 spiro atoms. The summed E-state index contributed by atoms with van der Waals surface area (Å²) in [5.74, 6) is 0. The lowest BCUT2D eigenvalue weighted by Crippen LogP contribution is -2.32. The lowest BCUT2D eigenvalue weighted by atomic mass is 10.2. The zero-order valence-corrected chi connectivity index (χ0v) is 9.81. The van der Waals surface area contributed by atoms with Gasteiger partial charge >= 0.3 is 6.09 Å². The zero-order valence-electron chi connectivity index (χ0n) is 8.22. The van der Waals surface area contributed by atoms with Crippen LogP contribution in [-0.4, -0.2) is 23.6 Å². The minimum Gasteiger partial charge on any atom is -0.442 e. The van der Waals surface area contributed by atoms with Crippen molar-refractivity contribution in [2.24, 2.45) is 0 Å². The highest BCUT2D eigenvalue weighted by Gasteiger charge is 2.15. The number of hydrogen-bond acceptors (Lipinski definition) is 3. The van der Waals surface area contributed by atoms with Crippen LogP contribution in [0.25, 0.3) is 0 Å². The van der Waals surface area contributed by atoms with Gasteiger partial charge in [-0.25, -0.2) is 4.79 Å². The van der Waals surface area contributed by atoms with E-state index in [1.807, 2.05) is 0 Å². The van der Waals surface area contributed by atoms with E-state index in [9.17, 15) is 4.79 Å². The summed E-state index contributed by atoms with van der Waals surface area (Å²) in [6.45, 7) is 5.87. The normalized spacial score (nSPS) is 11.1. The molecule has 0 aliphatic heterocycles. The molecule has 13 heavy (non-hydrogen) atoms. The summed E-state index contributed by atoms with van der Waals surface area (Å²) in [4.78, 5) is 15.8. The van der Waals surface area contributed by atoms with Crippen LogP contribution in [0, 0.1) is 0 Å². The molecule has 0 bridgehead atoms. The highest BCUT2D eigenvalue weighted by Crippen LogP contribution is 2.06. The molecule has 0 heterocycles. The van der Waals surface area contributed by atoms with Gasteiger partial charge in [-0.15, -0.1) is 0 Å². The van der Waals surface area contributed by atoms with Gasteiger partial charge in [0.2, 0.25) is 0 Å². The number of alkyl halides is 1. The Morgan fingerprint density at radius 3 is 2.54 bits per heavy atom. The molecule has 0 atom stereocenters. The summed E-state index contributed by atoms with van der Waals surface area (Å²) < 4.78 is 4.93. The van der Waals surface area contributed by atoms with Crippen molar-refractivity contribution in [2.75, 3.05) is 11.9 Å². The molecule has 0 rings (SSSR count). The van der Waals surface area contributed by atoms with E-state index in [4.69, 9.17) is 9.57 Å². The van der Waals surface area contributed by atoms with E-state index in [1.54, 1.807) is 20.8 Å². The van der Waals surface area contributed by atoms with Gasteiger partial charge < -0.3 is 4.74 Å². The zero-order chi connectivity index (χ0) is 10.3. The van der Waals surface area contributed by atoms with Crippen molar-refractivity contribution in [3.8, 4) is 0 Å². The van der Waals surface area contributed by atoms with E-state index in [1.165, 1.54) is 0 Å². The van der Waals surface area contributed by atoms with Gasteiger partial charge in [-0.1, -0.05) is 15.9 Å². The van der Waals surface area contributed by atoms with Gasteiger partial charge in [0.15, 0.2) is 0 Å². The first-order valence-electron chi connectivity index (χ1n) is 4.12. The highest BCUT2D eigenvalue weighted by molar-refractivity contribution is 9.09. The third-order valence-corrected chi connectivity index (χ3v) is 1.50. The molecule has 0 fully saturated rings. The Balaban J connectivity index is 3.41. The van der Waals surface area contributed by atoms with Crippen LogP contribution < -0.4 is 5.48 Å². The van der Waals surface area contributed by atoms with Crippen molar-refractivity contribution in [3.63, 3.8) is 0 Å². The first kappa shape index (κ1) is 12.7. The molecular formula is C8H16BrNO3. The molecule has 0 aromatic heterocycles. The molecule has 0 aromatic rings. The monoisotopic (exact) mass is 253 g/mol. The SMILES string of the molecule is CC(C)(C)OC(=O)NOCCCBr. The lowest BCUT2D eigenvalue weighted by molar-refractivity contribution is -0.00724. The molecule has 0 aliphatic rings. The number of ether oxygens (including phenoxy) is 1. The number of hydroxylamine groups is 1. The highest BCUT2D eigenvalue weighted by atomic mass is 79.9. The first-order valence-corrected chi connectivity index (χ1v) is 5.24. The van der Waals surface area contributed by atoms with Gasteiger partial charge in [0.05, 0.1) is 6.61 Å². The molecule has 4 nitrogen and oxygen atoms in total. The Kier molecular flexibility index (Phi) is 6.07. The number of amides is 1. The molecule has 0 saturated carbocycles. The number of hydrogen-bond donors (Lipinski definition) is 1. The molecule has 0 unspecified atom stereocenters. The van der Waals surface area contributed by atoms with Crippen LogP contribution in [0.4, 0.5) is 4.79 Å². The Hall–Kier alpha value is -0.290. The second-order valence-electron chi connectivity index (χ2n) is 3.49. The quantitative estimate of drug-likeness (QED) is 0.475. The molecule has 0 radical (unpaired) electrons. The van der Waals surface area contributed by atoms with Crippen LogP contribution in [0.1, 0.15) is 27.2 Å². The predicted molar refractivity (Wildman–Crippen MR) is 53.7 cm³/mol. The standard InChI is InChI=1S/C8H16BrNO3/c1-8(2,3)13-7(11)10-12-6-4-5-9/h4-6H2,1-3H3,(H,10,11). The Bertz CT molecular complexity index is 156. The van der Waals surface area contributed by atoms with Gasteiger partial charge in [-0.2, -0.15) is 5.48 Å². The topological polar surface area (TPSA) is 47.6 Å². The number of rotatable bonds is 4. The average molecular weight is 254 g/mol. The van der Waals surface area contributed by atoms with Crippen molar-refractivity contribution < 1.29 is 14.4 Å². The minimum atomic E-state index is -0.554. The molecule has 0 aromatic carbocycles. The van der Waals surface area contributed by atoms with E-state index in [-0.39, 0.29) is 0 Å². The van der Waals surface area contributed by atoms with E-state index in [2.05, 4.69) is 21.4 Å². The van der Waals surface area contributed by atoms with E-state index >= 15 is 0 Å². The third kappa shape index (κ3) is 9.63. The predicted octanol–water partition coefficient (Wildman–Crippen LogP) is 2.23. The van der Waals surface area contributed by atoms with Crippen LogP contribution in [0.5, 0.6) is 0 Å². The maximum absolute atomic E-state index is 11.0. The Morgan fingerprint density at radius 1 is 1.46 bits per heavy atom. The summed E-state index contributed by atoms with van der Waals surface area (Å²) >= 11 is 3.24. The molecule has 5 heteroatoms. The van der Waals surface area contributed by atoms with Gasteiger partial charge in [0.25, 0.3) is 0 Å². The average Bonchev–Trinajstić information content (AvgIpc) is 1.94. The van der Waals surface area contributed by atoms with Crippen LogP contribution in [0.2, 0.25) is 0 Å².